The molecule has 1 aromatic carbocycles. The molecule has 1 amide bonds. The number of hydrogen-bond acceptors (Lipinski definition) is 6. The molecule has 0 saturated heterocycles. The predicted octanol–water partition coefficient (Wildman–Crippen LogP) is 1.08. The molecule has 7 nitrogen and oxygen atoms in total. The molecule has 0 fully saturated rings. The van der Waals surface area contributed by atoms with Crippen LogP contribution in [0.2, 0.25) is 0 Å². The number of fused-ring (bicyclic) bond motifs is 1. The summed E-state index contributed by atoms with van der Waals surface area (Å²) in [5.41, 5.74) is 1.16. The van der Waals surface area contributed by atoms with Gasteiger partial charge in [0.2, 0.25) is 5.91 Å². The maximum Gasteiger partial charge on any atom is 0.340 e. The molecule has 2 rings (SSSR count). The van der Waals surface area contributed by atoms with Crippen LogP contribution >= 0.6 is 0 Å². The fourth-order valence-corrected chi connectivity index (χ4v) is 2.80. The highest BCUT2D eigenvalue weighted by molar-refractivity contribution is 5.87. The minimum absolute atomic E-state index is 0.0141. The van der Waals surface area contributed by atoms with Crippen molar-refractivity contribution in [1.29, 1.82) is 0 Å². The zero-order valence-corrected chi connectivity index (χ0v) is 14.9. The third kappa shape index (κ3) is 4.62. The maximum absolute atomic E-state index is 12.2. The van der Waals surface area contributed by atoms with Crippen LogP contribution in [-0.2, 0) is 16.0 Å². The Morgan fingerprint density at radius 3 is 2.58 bits per heavy atom. The van der Waals surface area contributed by atoms with Crippen molar-refractivity contribution in [1.82, 2.24) is 5.32 Å². The average molecular weight is 360 g/mol. The Labute approximate surface area is 150 Å². The number of nitrogens with one attached hydrogen (secondary N) is 1. The van der Waals surface area contributed by atoms with Gasteiger partial charge in [0.15, 0.2) is 0 Å². The largest absolute Gasteiger partial charge is 0.550 e. The van der Waals surface area contributed by atoms with Gasteiger partial charge in [0, 0.05) is 23.5 Å². The lowest BCUT2D eigenvalue weighted by molar-refractivity contribution is -0.305. The van der Waals surface area contributed by atoms with Gasteiger partial charge < -0.3 is 24.7 Å². The smallest absolute Gasteiger partial charge is 0.340 e. The number of hydrogen-bond donors (Lipinski definition) is 2. The van der Waals surface area contributed by atoms with Gasteiger partial charge in [-0.3, -0.25) is 4.79 Å². The van der Waals surface area contributed by atoms with Crippen LogP contribution in [0.1, 0.15) is 42.4 Å². The van der Waals surface area contributed by atoms with Gasteiger partial charge in [-0.05, 0) is 50.8 Å². The maximum atomic E-state index is 12.2. The van der Waals surface area contributed by atoms with E-state index in [9.17, 15) is 24.6 Å². The van der Waals surface area contributed by atoms with Gasteiger partial charge in [0.25, 0.3) is 0 Å². The molecule has 1 aromatic heterocycles. The second-order valence-corrected chi connectivity index (χ2v) is 6.29. The number of aliphatic carboxylic acids is 1. The first-order valence-corrected chi connectivity index (χ1v) is 8.52. The number of aromatic hydroxyl groups is 1. The van der Waals surface area contributed by atoms with E-state index in [-0.39, 0.29) is 30.1 Å². The molecule has 140 valence electrons. The van der Waals surface area contributed by atoms with E-state index in [4.69, 9.17) is 4.42 Å². The molecular weight excluding hydrogens is 338 g/mol. The number of rotatable bonds is 8. The van der Waals surface area contributed by atoms with Crippen LogP contribution in [0.5, 0.6) is 5.75 Å². The third-order valence-electron chi connectivity index (χ3n) is 4.39. The van der Waals surface area contributed by atoms with Crippen molar-refractivity contribution in [3.05, 3.63) is 39.2 Å². The number of amides is 1. The molecule has 1 heterocycles. The minimum Gasteiger partial charge on any atom is -0.550 e. The summed E-state index contributed by atoms with van der Waals surface area (Å²) in [6.45, 7) is 3.82. The first-order valence-electron chi connectivity index (χ1n) is 8.52. The lowest BCUT2D eigenvalue weighted by Gasteiger charge is -2.10. The average Bonchev–Trinajstić information content (AvgIpc) is 2.58. The Morgan fingerprint density at radius 1 is 1.15 bits per heavy atom. The van der Waals surface area contributed by atoms with Crippen LogP contribution in [0.3, 0.4) is 0 Å². The Bertz CT molecular complexity index is 884. The van der Waals surface area contributed by atoms with Crippen LogP contribution in [0, 0.1) is 13.8 Å². The van der Waals surface area contributed by atoms with Crippen molar-refractivity contribution < 1.29 is 24.2 Å². The lowest BCUT2D eigenvalue weighted by atomic mass is 10.0. The highest BCUT2D eigenvalue weighted by Crippen LogP contribution is 2.28. The van der Waals surface area contributed by atoms with Crippen LogP contribution < -0.4 is 16.0 Å². The molecule has 0 atom stereocenters. The number of carboxylic acid groups (broad SMARTS) is 1. The number of benzene rings is 1. The highest BCUT2D eigenvalue weighted by Gasteiger charge is 2.16. The SMILES string of the molecule is Cc1c(CC(=O)NCCCCCC(=O)[O-])c(=O)oc2c(C)c(O)ccc12. The van der Waals surface area contributed by atoms with Gasteiger partial charge in [-0.2, -0.15) is 0 Å². The number of aryl methyl sites for hydroxylation is 2. The molecule has 0 aliphatic heterocycles. The summed E-state index contributed by atoms with van der Waals surface area (Å²) in [7, 11) is 0. The standard InChI is InChI=1S/C19H23NO6/c1-11-13-7-8-15(21)12(2)18(13)26-19(25)14(11)10-16(22)20-9-5-3-4-6-17(23)24/h7-8,21H,3-6,9-10H2,1-2H3,(H,20,22)(H,23,24)/p-1. The Morgan fingerprint density at radius 2 is 1.88 bits per heavy atom. The molecule has 2 aromatic rings. The summed E-state index contributed by atoms with van der Waals surface area (Å²) >= 11 is 0. The molecule has 2 N–H and O–H groups in total. The van der Waals surface area contributed by atoms with Gasteiger partial charge >= 0.3 is 5.63 Å². The summed E-state index contributed by atoms with van der Waals surface area (Å²) in [5.74, 6) is -1.32. The van der Waals surface area contributed by atoms with Gasteiger partial charge in [-0.1, -0.05) is 6.42 Å². The zero-order valence-electron chi connectivity index (χ0n) is 14.9. The van der Waals surface area contributed by atoms with Crippen LogP contribution in [-0.4, -0.2) is 23.5 Å². The Balaban J connectivity index is 2.02. The second-order valence-electron chi connectivity index (χ2n) is 6.29. The van der Waals surface area contributed by atoms with E-state index in [1.165, 1.54) is 6.07 Å². The summed E-state index contributed by atoms with van der Waals surface area (Å²) in [5, 5.41) is 23.5. The fourth-order valence-electron chi connectivity index (χ4n) is 2.80. The van der Waals surface area contributed by atoms with Crippen LogP contribution in [0.15, 0.2) is 21.3 Å². The number of unbranched alkanes of at least 4 members (excludes halogenated alkanes) is 2. The van der Waals surface area contributed by atoms with E-state index in [0.29, 0.717) is 47.9 Å². The predicted molar refractivity (Wildman–Crippen MR) is 93.8 cm³/mol. The number of carbonyl (C=O) groups excluding carboxylic acids is 2. The van der Waals surface area contributed by atoms with Crippen LogP contribution in [0.4, 0.5) is 0 Å². The molecule has 0 aliphatic rings. The van der Waals surface area contributed by atoms with E-state index in [0.717, 1.165) is 0 Å². The van der Waals surface area contributed by atoms with E-state index in [1.807, 2.05) is 0 Å². The van der Waals surface area contributed by atoms with E-state index < -0.39 is 11.6 Å². The van der Waals surface area contributed by atoms with Gasteiger partial charge in [-0.25, -0.2) is 4.79 Å². The summed E-state index contributed by atoms with van der Waals surface area (Å²) in [4.78, 5) is 34.6. The normalized spacial score (nSPS) is 10.8. The fraction of sp³-hybridized carbons (Fsp3) is 0.421. The molecule has 26 heavy (non-hydrogen) atoms. The minimum atomic E-state index is -1.07. The van der Waals surface area contributed by atoms with Crippen molar-refractivity contribution >= 4 is 22.8 Å². The van der Waals surface area contributed by atoms with E-state index in [1.54, 1.807) is 19.9 Å². The number of carbonyl (C=O) groups is 2. The van der Waals surface area contributed by atoms with E-state index >= 15 is 0 Å². The van der Waals surface area contributed by atoms with Crippen molar-refractivity contribution in [2.45, 2.75) is 46.0 Å². The summed E-state index contributed by atoms with van der Waals surface area (Å²) < 4.78 is 5.31. The Hall–Kier alpha value is -2.83. The molecule has 0 unspecified atom stereocenters. The van der Waals surface area contributed by atoms with Gasteiger partial charge in [0.05, 0.1) is 12.0 Å². The zero-order chi connectivity index (χ0) is 19.3. The topological polar surface area (TPSA) is 120 Å². The van der Waals surface area contributed by atoms with Gasteiger partial charge in [-0.15, -0.1) is 0 Å². The van der Waals surface area contributed by atoms with Crippen LogP contribution in [0.25, 0.3) is 11.0 Å². The number of phenolic OH excluding ortho intramolecular Hbond substituents is 1. The Kier molecular flexibility index (Phi) is 6.38. The third-order valence-corrected chi connectivity index (χ3v) is 4.39. The molecule has 0 radical (unpaired) electrons. The molecule has 7 heteroatoms. The number of carboxylic acids is 1. The molecular formula is C19H22NO6-. The first-order chi connectivity index (χ1) is 12.3. The van der Waals surface area contributed by atoms with Gasteiger partial charge in [0.1, 0.15) is 11.3 Å². The summed E-state index contributed by atoms with van der Waals surface area (Å²) in [6, 6.07) is 3.19. The van der Waals surface area contributed by atoms with Crippen molar-refractivity contribution in [2.75, 3.05) is 6.54 Å². The van der Waals surface area contributed by atoms with E-state index in [2.05, 4.69) is 5.32 Å². The quantitative estimate of drug-likeness (QED) is 0.537. The molecule has 0 saturated carbocycles. The highest BCUT2D eigenvalue weighted by atomic mass is 16.4. The monoisotopic (exact) mass is 360 g/mol. The first kappa shape index (κ1) is 19.5. The van der Waals surface area contributed by atoms with Crippen molar-refractivity contribution in [3.63, 3.8) is 0 Å². The molecule has 0 spiro atoms. The second kappa shape index (κ2) is 8.51. The lowest BCUT2D eigenvalue weighted by Crippen LogP contribution is -2.28. The van der Waals surface area contributed by atoms with Crippen molar-refractivity contribution in [3.8, 4) is 5.75 Å². The molecule has 0 aliphatic carbocycles. The summed E-state index contributed by atoms with van der Waals surface area (Å²) in [6.07, 6.45) is 1.76. The van der Waals surface area contributed by atoms with Crippen molar-refractivity contribution in [2.24, 2.45) is 0 Å². The number of phenols is 1. The molecule has 0 bridgehead atoms.